The van der Waals surface area contributed by atoms with Gasteiger partial charge in [0.2, 0.25) is 29.5 Å². The Morgan fingerprint density at radius 1 is 0.661 bits per heavy atom. The molecule has 0 bridgehead atoms. The number of carbonyl (C=O) groups is 9. The van der Waals surface area contributed by atoms with E-state index in [4.69, 9.17) is 22.3 Å². The monoisotopic (exact) mass is 900 g/mol. The summed E-state index contributed by atoms with van der Waals surface area (Å²) in [6.45, 7) is 0. The van der Waals surface area contributed by atoms with Crippen molar-refractivity contribution in [3.05, 3.63) is 65.7 Å². The summed E-state index contributed by atoms with van der Waals surface area (Å²) in [5, 5.41) is 36.5. The van der Waals surface area contributed by atoms with Crippen LogP contribution in [-0.4, -0.2) is 115 Å². The number of nitrogens with one attached hydrogen (secondary N) is 3. The molecule has 62 heavy (non-hydrogen) atoms. The standard InChI is InChI=1S/C42H56N6O12S2/c43-30-23-62-29(8-4-5-9-38(54)55)22-61-21-27(42(59)60)19-35(51)32(20-37(45)53)47-40(57)31(14-15-36(44)52)46-41(58)33(17-24-6-2-1-3-7-24)48-39(56)26(18-34(30)50)16-25-10-12-28(49)13-11-25/h1-3,6-7,10-13,26-27,29-33,49H,4-5,8-9,14-23,43H2,(H2,44,52)(H2,45,53)(H,46,58)(H,47,57)(H,48,56)(H,54,55)(H,59,60)/t26-,27+,29?,30+,31+,32+,33+/m1/s1. The number of nitrogens with two attached hydrogens (primary N) is 3. The summed E-state index contributed by atoms with van der Waals surface area (Å²) in [7, 11) is 0. The molecular weight excluding hydrogens is 845 g/mol. The van der Waals surface area contributed by atoms with Crippen LogP contribution in [0, 0.1) is 11.8 Å². The number of hydrogen-bond acceptors (Lipinski definition) is 13. The molecule has 1 unspecified atom stereocenters. The van der Waals surface area contributed by atoms with E-state index in [1.165, 1.54) is 35.7 Å². The lowest BCUT2D eigenvalue weighted by Gasteiger charge is -2.27. The molecular formula is C42H56N6O12S2. The first-order valence-corrected chi connectivity index (χ1v) is 22.4. The number of hydrogen-bond donors (Lipinski definition) is 9. The Morgan fingerprint density at radius 2 is 1.29 bits per heavy atom. The van der Waals surface area contributed by atoms with Gasteiger partial charge in [-0.05, 0) is 48.9 Å². The normalized spacial score (nSPS) is 24.0. The molecule has 0 spiro atoms. The molecule has 0 aliphatic carbocycles. The zero-order valence-electron chi connectivity index (χ0n) is 34.2. The van der Waals surface area contributed by atoms with Crippen molar-refractivity contribution in [1.82, 2.24) is 16.0 Å². The molecule has 5 amide bonds. The van der Waals surface area contributed by atoms with Crippen molar-refractivity contribution in [3.63, 3.8) is 0 Å². The van der Waals surface area contributed by atoms with Gasteiger partial charge >= 0.3 is 11.9 Å². The Bertz CT molecular complexity index is 1890. The van der Waals surface area contributed by atoms with Gasteiger partial charge in [-0.3, -0.25) is 43.2 Å². The number of thioether (sulfide) groups is 2. The molecule has 0 radical (unpaired) electrons. The molecule has 12 N–H and O–H groups in total. The van der Waals surface area contributed by atoms with Crippen LogP contribution in [0.3, 0.4) is 0 Å². The van der Waals surface area contributed by atoms with Gasteiger partial charge in [-0.25, -0.2) is 0 Å². The number of ketones is 2. The third-order valence-corrected chi connectivity index (χ3v) is 13.0. The SMILES string of the molecule is NC(=O)CC[C@@H]1NC(=O)[C@H](Cc2ccccc2)NC(=O)[C@H](Cc2ccc(O)cc2)CC(=O)[C@@H](N)CSC(CCCCC(=O)O)CSC[C@@H](C(=O)O)CC(=O)[C@H](CC(N)=O)NC1=O. The van der Waals surface area contributed by atoms with Gasteiger partial charge in [0.15, 0.2) is 11.6 Å². The number of rotatable bonds is 15. The van der Waals surface area contributed by atoms with E-state index in [9.17, 15) is 53.4 Å². The number of Topliss-reactive ketones (excluding diaryl/α,β-unsaturated/α-hetero) is 2. The van der Waals surface area contributed by atoms with E-state index in [1.54, 1.807) is 42.5 Å². The van der Waals surface area contributed by atoms with Crippen molar-refractivity contribution < 1.29 is 58.5 Å². The molecule has 1 aliphatic heterocycles. The zero-order chi connectivity index (χ0) is 45.8. The molecule has 1 fully saturated rings. The summed E-state index contributed by atoms with van der Waals surface area (Å²) < 4.78 is 0. The van der Waals surface area contributed by atoms with Crippen LogP contribution < -0.4 is 33.2 Å². The van der Waals surface area contributed by atoms with E-state index in [0.717, 1.165) is 0 Å². The lowest BCUT2D eigenvalue weighted by atomic mass is 9.91. The minimum atomic E-state index is -1.60. The second-order valence-electron chi connectivity index (χ2n) is 15.2. The average Bonchev–Trinajstić information content (AvgIpc) is 3.21. The fraction of sp³-hybridized carbons (Fsp3) is 0.500. The van der Waals surface area contributed by atoms with Gasteiger partial charge in [0.25, 0.3) is 0 Å². The summed E-state index contributed by atoms with van der Waals surface area (Å²) in [6, 6.07) is 9.01. The molecule has 1 saturated heterocycles. The van der Waals surface area contributed by atoms with Crippen molar-refractivity contribution >= 4 is 76.6 Å². The van der Waals surface area contributed by atoms with Gasteiger partial charge in [0.05, 0.1) is 24.4 Å². The van der Waals surface area contributed by atoms with E-state index in [-0.39, 0.29) is 54.6 Å². The van der Waals surface area contributed by atoms with Crippen molar-refractivity contribution in [2.45, 2.75) is 100 Å². The summed E-state index contributed by atoms with van der Waals surface area (Å²) >= 11 is 2.55. The number of carboxylic acid groups (broad SMARTS) is 2. The third kappa shape index (κ3) is 18.7. The lowest BCUT2D eigenvalue weighted by molar-refractivity contribution is -0.143. The van der Waals surface area contributed by atoms with Crippen LogP contribution in [0.25, 0.3) is 0 Å². The zero-order valence-corrected chi connectivity index (χ0v) is 35.8. The molecule has 1 aliphatic rings. The molecule has 20 heteroatoms. The Hall–Kier alpha value is -5.47. The van der Waals surface area contributed by atoms with Crippen molar-refractivity contribution in [1.29, 1.82) is 0 Å². The first-order valence-electron chi connectivity index (χ1n) is 20.2. The highest BCUT2D eigenvalue weighted by molar-refractivity contribution is 8.03. The van der Waals surface area contributed by atoms with E-state index >= 15 is 0 Å². The molecule has 0 aromatic heterocycles. The van der Waals surface area contributed by atoms with Gasteiger partial charge < -0.3 is 48.5 Å². The molecule has 2 aromatic carbocycles. The van der Waals surface area contributed by atoms with Gasteiger partial charge in [0.1, 0.15) is 17.8 Å². The second-order valence-corrected chi connectivity index (χ2v) is 17.6. The number of primary amides is 2. The molecule has 2 aromatic rings. The van der Waals surface area contributed by atoms with Crippen LogP contribution in [0.5, 0.6) is 5.75 Å². The summed E-state index contributed by atoms with van der Waals surface area (Å²) in [6.07, 6.45) is -1.18. The number of aromatic hydroxyl groups is 1. The first kappa shape index (κ1) is 50.9. The number of benzene rings is 2. The van der Waals surface area contributed by atoms with E-state index in [2.05, 4.69) is 16.0 Å². The minimum Gasteiger partial charge on any atom is -0.508 e. The van der Waals surface area contributed by atoms with Crippen molar-refractivity contribution in [3.8, 4) is 5.75 Å². The van der Waals surface area contributed by atoms with Crippen LogP contribution >= 0.6 is 23.5 Å². The Labute approximate surface area is 367 Å². The molecule has 0 saturated carbocycles. The summed E-state index contributed by atoms with van der Waals surface area (Å²) in [5.74, 6) is -9.95. The topological polar surface area (TPSA) is 328 Å². The number of unbranched alkanes of at least 4 members (excludes halogenated alkanes) is 1. The molecule has 338 valence electrons. The van der Waals surface area contributed by atoms with Gasteiger partial charge in [0, 0.05) is 60.5 Å². The molecule has 1 heterocycles. The van der Waals surface area contributed by atoms with Crippen LogP contribution in [0.4, 0.5) is 0 Å². The number of phenols is 1. The minimum absolute atomic E-state index is 0.00387. The average molecular weight is 901 g/mol. The Balaban J connectivity index is 2.08. The number of aliphatic carboxylic acids is 2. The fourth-order valence-corrected chi connectivity index (χ4v) is 9.39. The van der Waals surface area contributed by atoms with Gasteiger partial charge in [-0.1, -0.05) is 48.9 Å². The maximum atomic E-state index is 14.2. The number of carbonyl (C=O) groups excluding carboxylic acids is 7. The molecule has 18 nitrogen and oxygen atoms in total. The van der Waals surface area contributed by atoms with Gasteiger partial charge in [-0.15, -0.1) is 0 Å². The first-order chi connectivity index (χ1) is 29.4. The highest BCUT2D eigenvalue weighted by atomic mass is 32.2. The number of carboxylic acids is 2. The number of phenolic OH excluding ortho intramolecular Hbond substituents is 1. The quantitative estimate of drug-likeness (QED) is 0.112. The van der Waals surface area contributed by atoms with Crippen LogP contribution in [0.2, 0.25) is 0 Å². The Kier molecular flexibility index (Phi) is 21.4. The van der Waals surface area contributed by atoms with E-state index < -0.39 is 108 Å². The van der Waals surface area contributed by atoms with E-state index in [0.29, 0.717) is 36.1 Å². The van der Waals surface area contributed by atoms with Crippen LogP contribution in [0.1, 0.15) is 68.9 Å². The number of amides is 5. The second kappa shape index (κ2) is 26.1. The molecule has 7 atom stereocenters. The maximum absolute atomic E-state index is 14.2. The largest absolute Gasteiger partial charge is 0.508 e. The summed E-state index contributed by atoms with van der Waals surface area (Å²) in [5.41, 5.74) is 18.4. The highest BCUT2D eigenvalue weighted by Gasteiger charge is 2.34. The maximum Gasteiger partial charge on any atom is 0.307 e. The van der Waals surface area contributed by atoms with Crippen LogP contribution in [0.15, 0.2) is 54.6 Å². The van der Waals surface area contributed by atoms with Crippen molar-refractivity contribution in [2.24, 2.45) is 29.0 Å². The lowest BCUT2D eigenvalue weighted by Crippen LogP contribution is -2.57. The smallest absolute Gasteiger partial charge is 0.307 e. The fourth-order valence-electron chi connectivity index (χ4n) is 6.60. The summed E-state index contributed by atoms with van der Waals surface area (Å²) in [4.78, 5) is 117. The Morgan fingerprint density at radius 3 is 1.92 bits per heavy atom. The highest BCUT2D eigenvalue weighted by Crippen LogP contribution is 2.26. The predicted octanol–water partition coefficient (Wildman–Crippen LogP) is 0.829. The predicted molar refractivity (Wildman–Crippen MR) is 232 cm³/mol. The van der Waals surface area contributed by atoms with Gasteiger partial charge in [-0.2, -0.15) is 23.5 Å². The third-order valence-electron chi connectivity index (χ3n) is 10.1. The van der Waals surface area contributed by atoms with Crippen LogP contribution in [-0.2, 0) is 56.0 Å². The molecule has 3 rings (SSSR count). The van der Waals surface area contributed by atoms with Crippen molar-refractivity contribution in [2.75, 3.05) is 17.3 Å². The van der Waals surface area contributed by atoms with E-state index in [1.807, 2.05) is 0 Å².